The summed E-state index contributed by atoms with van der Waals surface area (Å²) in [5, 5.41) is 5.60. The van der Waals surface area contributed by atoms with E-state index in [-0.39, 0.29) is 18.3 Å². The van der Waals surface area contributed by atoms with Crippen molar-refractivity contribution in [2.75, 3.05) is 20.2 Å². The van der Waals surface area contributed by atoms with Crippen LogP contribution in [0, 0.1) is 5.82 Å². The van der Waals surface area contributed by atoms with Crippen molar-refractivity contribution in [2.24, 2.45) is 0 Å². The summed E-state index contributed by atoms with van der Waals surface area (Å²) < 4.78 is 18.9. The molecule has 0 spiro atoms. The molecular formula is C13H19FN2O2. The van der Waals surface area contributed by atoms with Crippen LogP contribution in [0.25, 0.3) is 0 Å². The third-order valence-electron chi connectivity index (χ3n) is 2.42. The van der Waals surface area contributed by atoms with Gasteiger partial charge in [-0.05, 0) is 19.0 Å². The van der Waals surface area contributed by atoms with Crippen LogP contribution in [0.5, 0.6) is 5.75 Å². The van der Waals surface area contributed by atoms with E-state index in [4.69, 9.17) is 4.74 Å². The van der Waals surface area contributed by atoms with Crippen molar-refractivity contribution in [2.45, 2.75) is 19.9 Å². The molecule has 0 saturated heterocycles. The number of carbonyl (C=O) groups excluding carboxylic acids is 1. The van der Waals surface area contributed by atoms with Crippen LogP contribution in [0.4, 0.5) is 4.39 Å². The van der Waals surface area contributed by atoms with E-state index < -0.39 is 5.82 Å². The number of hydrogen-bond donors (Lipinski definition) is 2. The minimum absolute atomic E-state index is 0.143. The van der Waals surface area contributed by atoms with Crippen molar-refractivity contribution in [3.05, 3.63) is 29.6 Å². The van der Waals surface area contributed by atoms with Gasteiger partial charge in [0, 0.05) is 19.2 Å². The Morgan fingerprint density at radius 2 is 2.22 bits per heavy atom. The van der Waals surface area contributed by atoms with Crippen molar-refractivity contribution >= 4 is 5.91 Å². The smallest absolute Gasteiger partial charge is 0.257 e. The molecule has 0 aliphatic rings. The molecule has 0 heterocycles. The Labute approximate surface area is 107 Å². The van der Waals surface area contributed by atoms with E-state index in [0.717, 1.165) is 13.0 Å². The Hall–Kier alpha value is -1.62. The summed E-state index contributed by atoms with van der Waals surface area (Å²) >= 11 is 0. The van der Waals surface area contributed by atoms with E-state index in [0.29, 0.717) is 12.1 Å². The zero-order valence-corrected chi connectivity index (χ0v) is 10.8. The first kappa shape index (κ1) is 14.4. The lowest BCUT2D eigenvalue weighted by Crippen LogP contribution is -2.25. The zero-order valence-electron chi connectivity index (χ0n) is 10.8. The molecule has 0 fully saturated rings. The molecule has 1 amide bonds. The number of para-hydroxylation sites is 1. The van der Waals surface area contributed by atoms with Gasteiger partial charge >= 0.3 is 0 Å². The van der Waals surface area contributed by atoms with Gasteiger partial charge in [-0.15, -0.1) is 0 Å². The maximum atomic E-state index is 13.6. The summed E-state index contributed by atoms with van der Waals surface area (Å²) in [6, 6.07) is 4.73. The molecule has 4 nitrogen and oxygen atoms in total. The van der Waals surface area contributed by atoms with Crippen LogP contribution in [0.3, 0.4) is 0 Å². The topological polar surface area (TPSA) is 50.4 Å². The summed E-state index contributed by atoms with van der Waals surface area (Å²) in [6.07, 6.45) is 1.00. The molecule has 0 radical (unpaired) electrons. The number of hydrogen-bond acceptors (Lipinski definition) is 3. The van der Waals surface area contributed by atoms with Crippen molar-refractivity contribution in [1.29, 1.82) is 0 Å². The molecule has 18 heavy (non-hydrogen) atoms. The molecule has 0 atom stereocenters. The first-order valence-corrected chi connectivity index (χ1v) is 6.00. The van der Waals surface area contributed by atoms with Crippen molar-refractivity contribution in [3.8, 4) is 5.75 Å². The quantitative estimate of drug-likeness (QED) is 0.724. The van der Waals surface area contributed by atoms with Gasteiger partial charge in [0.05, 0.1) is 0 Å². The molecule has 1 aromatic carbocycles. The van der Waals surface area contributed by atoms with Gasteiger partial charge in [0.25, 0.3) is 5.91 Å². The first-order chi connectivity index (χ1) is 8.69. The Bertz CT molecular complexity index is 397. The van der Waals surface area contributed by atoms with Gasteiger partial charge in [-0.2, -0.15) is 0 Å². The van der Waals surface area contributed by atoms with Crippen molar-refractivity contribution < 1.29 is 13.9 Å². The fraction of sp³-hybridized carbons (Fsp3) is 0.462. The summed E-state index contributed by atoms with van der Waals surface area (Å²) in [7, 11) is 1.51. The highest BCUT2D eigenvalue weighted by Gasteiger charge is 2.11. The average molecular weight is 254 g/mol. The van der Waals surface area contributed by atoms with Gasteiger partial charge in [-0.3, -0.25) is 4.79 Å². The molecule has 1 rings (SSSR count). The van der Waals surface area contributed by atoms with Crippen LogP contribution in [-0.4, -0.2) is 26.1 Å². The third-order valence-corrected chi connectivity index (χ3v) is 2.42. The second-order valence-electron chi connectivity index (χ2n) is 3.87. The zero-order chi connectivity index (χ0) is 13.4. The lowest BCUT2D eigenvalue weighted by Gasteiger charge is -2.12. The predicted molar refractivity (Wildman–Crippen MR) is 68.0 cm³/mol. The highest BCUT2D eigenvalue weighted by atomic mass is 19.1. The molecule has 0 aromatic heterocycles. The molecule has 0 saturated carbocycles. The monoisotopic (exact) mass is 254 g/mol. The van der Waals surface area contributed by atoms with Gasteiger partial charge in [-0.1, -0.05) is 19.1 Å². The number of ether oxygens (including phenoxy) is 1. The number of rotatable bonds is 7. The average Bonchev–Trinajstić information content (AvgIpc) is 2.38. The van der Waals surface area contributed by atoms with Crippen molar-refractivity contribution in [3.63, 3.8) is 0 Å². The number of carbonyl (C=O) groups is 1. The van der Waals surface area contributed by atoms with Crippen LogP contribution in [-0.2, 0) is 11.3 Å². The summed E-state index contributed by atoms with van der Waals surface area (Å²) in [6.45, 7) is 3.25. The van der Waals surface area contributed by atoms with Gasteiger partial charge in [-0.25, -0.2) is 4.39 Å². The Kier molecular flexibility index (Phi) is 6.14. The highest BCUT2D eigenvalue weighted by Crippen LogP contribution is 2.22. The van der Waals surface area contributed by atoms with Gasteiger partial charge < -0.3 is 15.4 Å². The lowest BCUT2D eigenvalue weighted by atomic mass is 10.2. The minimum Gasteiger partial charge on any atom is -0.480 e. The van der Waals surface area contributed by atoms with Crippen LogP contribution >= 0.6 is 0 Å². The summed E-state index contributed by atoms with van der Waals surface area (Å²) in [5.41, 5.74) is 0.715. The van der Waals surface area contributed by atoms with Crippen LogP contribution in [0.2, 0.25) is 0 Å². The maximum Gasteiger partial charge on any atom is 0.257 e. The normalized spacial score (nSPS) is 10.2. The minimum atomic E-state index is -0.449. The number of likely N-dealkylation sites (N-methyl/N-ethyl adjacent to an activating group) is 1. The van der Waals surface area contributed by atoms with Crippen LogP contribution in [0.15, 0.2) is 18.2 Å². The SMILES string of the molecule is CCCNCc1cccc(F)c1OCC(=O)NC. The maximum absolute atomic E-state index is 13.6. The number of halogens is 1. The number of benzene rings is 1. The molecule has 0 aliphatic carbocycles. The Morgan fingerprint density at radius 3 is 2.89 bits per heavy atom. The van der Waals surface area contributed by atoms with Crippen LogP contribution < -0.4 is 15.4 Å². The summed E-state index contributed by atoms with van der Waals surface area (Å²) in [4.78, 5) is 11.1. The van der Waals surface area contributed by atoms with E-state index in [1.807, 2.05) is 0 Å². The highest BCUT2D eigenvalue weighted by molar-refractivity contribution is 5.77. The number of amides is 1. The predicted octanol–water partition coefficient (Wildman–Crippen LogP) is 1.45. The van der Waals surface area contributed by atoms with Crippen molar-refractivity contribution in [1.82, 2.24) is 10.6 Å². The lowest BCUT2D eigenvalue weighted by molar-refractivity contribution is -0.122. The summed E-state index contributed by atoms with van der Waals surface area (Å²) in [5.74, 6) is -0.592. The molecule has 2 N–H and O–H groups in total. The molecule has 0 bridgehead atoms. The van der Waals surface area contributed by atoms with E-state index in [9.17, 15) is 9.18 Å². The fourth-order valence-corrected chi connectivity index (χ4v) is 1.46. The van der Waals surface area contributed by atoms with E-state index in [1.54, 1.807) is 12.1 Å². The van der Waals surface area contributed by atoms with Gasteiger partial charge in [0.15, 0.2) is 18.2 Å². The van der Waals surface area contributed by atoms with E-state index >= 15 is 0 Å². The largest absolute Gasteiger partial charge is 0.480 e. The van der Waals surface area contributed by atoms with Gasteiger partial charge in [0.1, 0.15) is 0 Å². The second kappa shape index (κ2) is 7.66. The van der Waals surface area contributed by atoms with E-state index in [2.05, 4.69) is 17.6 Å². The molecule has 100 valence electrons. The van der Waals surface area contributed by atoms with Crippen LogP contribution in [0.1, 0.15) is 18.9 Å². The fourth-order valence-electron chi connectivity index (χ4n) is 1.46. The molecule has 0 aliphatic heterocycles. The first-order valence-electron chi connectivity index (χ1n) is 6.00. The second-order valence-corrected chi connectivity index (χ2v) is 3.87. The third kappa shape index (κ3) is 4.33. The van der Waals surface area contributed by atoms with Gasteiger partial charge in [0.2, 0.25) is 0 Å². The molecule has 0 unspecified atom stereocenters. The molecule has 1 aromatic rings. The van der Waals surface area contributed by atoms with E-state index in [1.165, 1.54) is 13.1 Å². The molecule has 5 heteroatoms. The standard InChI is InChI=1S/C13H19FN2O2/c1-3-7-16-8-10-5-4-6-11(14)13(10)18-9-12(17)15-2/h4-6,16H,3,7-9H2,1-2H3,(H,15,17). The number of nitrogens with one attached hydrogen (secondary N) is 2. The Morgan fingerprint density at radius 1 is 1.44 bits per heavy atom. The molecular weight excluding hydrogens is 235 g/mol. The Balaban J connectivity index is 2.70.